The predicted octanol–water partition coefficient (Wildman–Crippen LogP) is 3.49. The lowest BCUT2D eigenvalue weighted by molar-refractivity contribution is 0.385. The Morgan fingerprint density at radius 3 is 2.92 bits per heavy atom. The van der Waals surface area contributed by atoms with E-state index >= 15 is 0 Å². The molecule has 0 spiro atoms. The maximum atomic E-state index is 5.41. The monoisotopic (exact) mass is 349 g/mol. The molecule has 0 saturated heterocycles. The van der Waals surface area contributed by atoms with Gasteiger partial charge < -0.3 is 9.26 Å². The van der Waals surface area contributed by atoms with Gasteiger partial charge in [-0.15, -0.1) is 5.10 Å². The highest BCUT2D eigenvalue weighted by Gasteiger charge is 2.12. The summed E-state index contributed by atoms with van der Waals surface area (Å²) in [5.41, 5.74) is 3.75. The Balaban J connectivity index is 1.58. The van der Waals surface area contributed by atoms with Crippen molar-refractivity contribution in [2.45, 2.75) is 26.3 Å². The maximum absolute atomic E-state index is 5.41. The SMILES string of the molecule is CCCn1nnc2cc(-c3noc(Cc4cccc(OC)c4)n3)ccc21. The Morgan fingerprint density at radius 1 is 1.15 bits per heavy atom. The van der Waals surface area contributed by atoms with Gasteiger partial charge in [0, 0.05) is 12.1 Å². The first-order valence-corrected chi connectivity index (χ1v) is 8.56. The number of hydrogen-bond donors (Lipinski definition) is 0. The van der Waals surface area contributed by atoms with Crippen LogP contribution in [0.25, 0.3) is 22.4 Å². The molecule has 2 heterocycles. The highest BCUT2D eigenvalue weighted by atomic mass is 16.5. The van der Waals surface area contributed by atoms with E-state index in [1.54, 1.807) is 7.11 Å². The lowest BCUT2D eigenvalue weighted by atomic mass is 10.1. The largest absolute Gasteiger partial charge is 0.497 e. The molecule has 0 saturated carbocycles. The molecule has 132 valence electrons. The van der Waals surface area contributed by atoms with E-state index in [-0.39, 0.29) is 0 Å². The van der Waals surface area contributed by atoms with Crippen LogP contribution in [0.5, 0.6) is 5.75 Å². The Kier molecular flexibility index (Phi) is 4.35. The third-order valence-corrected chi connectivity index (χ3v) is 4.17. The minimum Gasteiger partial charge on any atom is -0.497 e. The van der Waals surface area contributed by atoms with Gasteiger partial charge >= 0.3 is 0 Å². The van der Waals surface area contributed by atoms with Gasteiger partial charge in [0.05, 0.1) is 19.0 Å². The summed E-state index contributed by atoms with van der Waals surface area (Å²) in [6.45, 7) is 2.97. The fourth-order valence-corrected chi connectivity index (χ4v) is 2.89. The third kappa shape index (κ3) is 3.15. The van der Waals surface area contributed by atoms with E-state index in [2.05, 4.69) is 27.4 Å². The number of methoxy groups -OCH3 is 1. The summed E-state index contributed by atoms with van der Waals surface area (Å²) >= 11 is 0. The normalized spacial score (nSPS) is 11.2. The van der Waals surface area contributed by atoms with Crippen LogP contribution >= 0.6 is 0 Å². The highest BCUT2D eigenvalue weighted by Crippen LogP contribution is 2.22. The van der Waals surface area contributed by atoms with Gasteiger partial charge in [0.15, 0.2) is 0 Å². The molecule has 0 amide bonds. The van der Waals surface area contributed by atoms with Crippen LogP contribution in [-0.2, 0) is 13.0 Å². The summed E-state index contributed by atoms with van der Waals surface area (Å²) in [6.07, 6.45) is 1.57. The van der Waals surface area contributed by atoms with Crippen LogP contribution in [0.15, 0.2) is 47.0 Å². The van der Waals surface area contributed by atoms with Crippen molar-refractivity contribution < 1.29 is 9.26 Å². The van der Waals surface area contributed by atoms with Gasteiger partial charge in [-0.2, -0.15) is 4.98 Å². The topological polar surface area (TPSA) is 78.9 Å². The molecule has 0 unspecified atom stereocenters. The number of ether oxygens (including phenoxy) is 1. The van der Waals surface area contributed by atoms with Crippen molar-refractivity contribution >= 4 is 11.0 Å². The van der Waals surface area contributed by atoms with Crippen molar-refractivity contribution in [1.82, 2.24) is 25.1 Å². The molecule has 0 fully saturated rings. The molecule has 2 aromatic heterocycles. The molecule has 7 nitrogen and oxygen atoms in total. The average molecular weight is 349 g/mol. The van der Waals surface area contributed by atoms with Crippen molar-refractivity contribution in [3.05, 3.63) is 53.9 Å². The predicted molar refractivity (Wildman–Crippen MR) is 96.9 cm³/mol. The van der Waals surface area contributed by atoms with Crippen LogP contribution in [0.4, 0.5) is 0 Å². The molecule has 0 radical (unpaired) electrons. The first kappa shape index (κ1) is 16.3. The van der Waals surface area contributed by atoms with Crippen molar-refractivity contribution in [1.29, 1.82) is 0 Å². The number of aromatic nitrogens is 5. The van der Waals surface area contributed by atoms with Gasteiger partial charge in [-0.1, -0.05) is 29.4 Å². The van der Waals surface area contributed by atoms with Crippen LogP contribution in [0.1, 0.15) is 24.8 Å². The molecule has 4 rings (SSSR count). The summed E-state index contributed by atoms with van der Waals surface area (Å²) in [5.74, 6) is 1.92. The molecule has 0 bridgehead atoms. The zero-order chi connectivity index (χ0) is 17.9. The van der Waals surface area contributed by atoms with Crippen molar-refractivity contribution in [2.24, 2.45) is 0 Å². The summed E-state index contributed by atoms with van der Waals surface area (Å²) in [5, 5.41) is 12.5. The number of rotatable bonds is 6. The Hall–Kier alpha value is -3.22. The summed E-state index contributed by atoms with van der Waals surface area (Å²) < 4.78 is 12.6. The number of nitrogens with zero attached hydrogens (tertiary/aromatic N) is 5. The van der Waals surface area contributed by atoms with E-state index in [0.29, 0.717) is 18.1 Å². The molecule has 2 aromatic carbocycles. The van der Waals surface area contributed by atoms with Crippen LogP contribution < -0.4 is 4.74 Å². The fourth-order valence-electron chi connectivity index (χ4n) is 2.89. The van der Waals surface area contributed by atoms with E-state index in [0.717, 1.165) is 40.9 Å². The minimum atomic E-state index is 0.551. The van der Waals surface area contributed by atoms with Crippen LogP contribution in [0, 0.1) is 0 Å². The number of benzene rings is 2. The first-order chi connectivity index (χ1) is 12.8. The van der Waals surface area contributed by atoms with E-state index in [1.807, 2.05) is 47.1 Å². The van der Waals surface area contributed by atoms with E-state index in [9.17, 15) is 0 Å². The smallest absolute Gasteiger partial charge is 0.231 e. The summed E-state index contributed by atoms with van der Waals surface area (Å²) in [7, 11) is 1.65. The van der Waals surface area contributed by atoms with E-state index in [4.69, 9.17) is 9.26 Å². The van der Waals surface area contributed by atoms with Gasteiger partial charge in [-0.25, -0.2) is 4.68 Å². The lowest BCUT2D eigenvalue weighted by Crippen LogP contribution is -1.98. The standard InChI is InChI=1S/C19H19N5O2/c1-3-9-24-17-8-7-14(12-16(17)21-23-24)19-20-18(26-22-19)11-13-5-4-6-15(10-13)25-2/h4-8,10,12H,3,9,11H2,1-2H3. The third-order valence-electron chi connectivity index (χ3n) is 4.17. The molecule has 0 aliphatic carbocycles. The Labute approximate surface area is 150 Å². The molecular formula is C19H19N5O2. The van der Waals surface area contributed by atoms with Crippen LogP contribution in [-0.4, -0.2) is 32.2 Å². The second kappa shape index (κ2) is 6.95. The first-order valence-electron chi connectivity index (χ1n) is 8.56. The quantitative estimate of drug-likeness (QED) is 0.530. The van der Waals surface area contributed by atoms with Crippen molar-refractivity contribution in [2.75, 3.05) is 7.11 Å². The zero-order valence-electron chi connectivity index (χ0n) is 14.7. The minimum absolute atomic E-state index is 0.551. The van der Waals surface area contributed by atoms with E-state index in [1.165, 1.54) is 0 Å². The number of hydrogen-bond acceptors (Lipinski definition) is 6. The number of aryl methyl sites for hydroxylation is 1. The summed E-state index contributed by atoms with van der Waals surface area (Å²) in [6, 6.07) is 13.7. The lowest BCUT2D eigenvalue weighted by Gasteiger charge is -2.01. The Morgan fingerprint density at radius 2 is 2.08 bits per heavy atom. The molecule has 0 aliphatic rings. The van der Waals surface area contributed by atoms with Crippen LogP contribution in [0.3, 0.4) is 0 Å². The van der Waals surface area contributed by atoms with Gasteiger partial charge in [-0.3, -0.25) is 0 Å². The van der Waals surface area contributed by atoms with Crippen molar-refractivity contribution in [3.8, 4) is 17.1 Å². The maximum Gasteiger partial charge on any atom is 0.231 e. The van der Waals surface area contributed by atoms with Gasteiger partial charge in [0.2, 0.25) is 11.7 Å². The fraction of sp³-hybridized carbons (Fsp3) is 0.263. The Bertz CT molecular complexity index is 1040. The molecule has 0 N–H and O–H groups in total. The number of fused-ring (bicyclic) bond motifs is 1. The van der Waals surface area contributed by atoms with Gasteiger partial charge in [0.25, 0.3) is 0 Å². The molecule has 0 atom stereocenters. The highest BCUT2D eigenvalue weighted by molar-refractivity contribution is 5.79. The van der Waals surface area contributed by atoms with E-state index < -0.39 is 0 Å². The molecule has 26 heavy (non-hydrogen) atoms. The summed E-state index contributed by atoms with van der Waals surface area (Å²) in [4.78, 5) is 4.51. The second-order valence-electron chi connectivity index (χ2n) is 6.06. The van der Waals surface area contributed by atoms with Gasteiger partial charge in [0.1, 0.15) is 11.3 Å². The zero-order valence-corrected chi connectivity index (χ0v) is 14.7. The molecule has 4 aromatic rings. The van der Waals surface area contributed by atoms with Crippen molar-refractivity contribution in [3.63, 3.8) is 0 Å². The molecule has 0 aliphatic heterocycles. The van der Waals surface area contributed by atoms with Gasteiger partial charge in [-0.05, 0) is 42.3 Å². The van der Waals surface area contributed by atoms with Crippen LogP contribution in [0.2, 0.25) is 0 Å². The molecule has 7 heteroatoms. The average Bonchev–Trinajstić information content (AvgIpc) is 3.29. The second-order valence-corrected chi connectivity index (χ2v) is 6.06. The molecular weight excluding hydrogens is 330 g/mol.